The minimum Gasteiger partial charge on any atom is -0.273 e. The van der Waals surface area contributed by atoms with Crippen LogP contribution in [0.5, 0.6) is 0 Å². The molecule has 0 spiro atoms. The zero-order valence-corrected chi connectivity index (χ0v) is 12.2. The van der Waals surface area contributed by atoms with Gasteiger partial charge in [-0.05, 0) is 36.7 Å². The van der Waals surface area contributed by atoms with Gasteiger partial charge in [-0.2, -0.15) is 5.10 Å². The molecule has 1 N–H and O–H groups in total. The maximum atomic E-state index is 12.3. The third kappa shape index (κ3) is 2.26. The molecule has 3 rings (SSSR count). The molecule has 0 heterocycles. The lowest BCUT2D eigenvalue weighted by Crippen LogP contribution is -2.23. The van der Waals surface area contributed by atoms with E-state index < -0.39 is 0 Å². The SMILES string of the molecule is C/C(=N\NC(=O)C1C2CCCCC21C)c1ccccc1. The van der Waals surface area contributed by atoms with Crippen molar-refractivity contribution in [2.24, 2.45) is 22.4 Å². The Balaban J connectivity index is 1.63. The number of amides is 1. The predicted octanol–water partition coefficient (Wildman–Crippen LogP) is 3.35. The van der Waals surface area contributed by atoms with Gasteiger partial charge >= 0.3 is 0 Å². The Morgan fingerprint density at radius 2 is 2.05 bits per heavy atom. The fraction of sp³-hybridized carbons (Fsp3) is 0.529. The molecule has 2 fully saturated rings. The highest BCUT2D eigenvalue weighted by Gasteiger charge is 2.64. The Bertz CT molecular complexity index is 537. The Morgan fingerprint density at radius 1 is 1.30 bits per heavy atom. The van der Waals surface area contributed by atoms with Crippen molar-refractivity contribution in [2.45, 2.75) is 39.5 Å². The van der Waals surface area contributed by atoms with Gasteiger partial charge in [0.05, 0.1) is 5.71 Å². The van der Waals surface area contributed by atoms with E-state index in [2.05, 4.69) is 17.5 Å². The van der Waals surface area contributed by atoms with E-state index in [1.54, 1.807) is 0 Å². The van der Waals surface area contributed by atoms with Gasteiger partial charge < -0.3 is 0 Å². The lowest BCUT2D eigenvalue weighted by molar-refractivity contribution is -0.123. The van der Waals surface area contributed by atoms with Crippen LogP contribution in [-0.2, 0) is 4.79 Å². The third-order valence-corrected chi connectivity index (χ3v) is 5.14. The number of hydrazone groups is 1. The molecule has 3 nitrogen and oxygen atoms in total. The first-order valence-electron chi connectivity index (χ1n) is 7.52. The van der Waals surface area contributed by atoms with Crippen LogP contribution < -0.4 is 5.43 Å². The lowest BCUT2D eigenvalue weighted by Gasteiger charge is -2.15. The first kappa shape index (κ1) is 13.3. The van der Waals surface area contributed by atoms with Crippen LogP contribution in [0.4, 0.5) is 0 Å². The number of benzene rings is 1. The minimum absolute atomic E-state index is 0.106. The molecule has 0 radical (unpaired) electrons. The smallest absolute Gasteiger partial charge is 0.244 e. The molecule has 3 heteroatoms. The van der Waals surface area contributed by atoms with Crippen molar-refractivity contribution in [1.82, 2.24) is 5.43 Å². The van der Waals surface area contributed by atoms with E-state index in [4.69, 9.17) is 0 Å². The van der Waals surface area contributed by atoms with Crippen molar-refractivity contribution >= 4 is 11.6 Å². The van der Waals surface area contributed by atoms with Crippen LogP contribution in [0.15, 0.2) is 35.4 Å². The highest BCUT2D eigenvalue weighted by atomic mass is 16.2. The van der Waals surface area contributed by atoms with Crippen molar-refractivity contribution in [3.8, 4) is 0 Å². The topological polar surface area (TPSA) is 41.5 Å². The first-order valence-corrected chi connectivity index (χ1v) is 7.52. The van der Waals surface area contributed by atoms with Crippen LogP contribution in [0.1, 0.15) is 45.1 Å². The summed E-state index contributed by atoms with van der Waals surface area (Å²) in [6, 6.07) is 9.94. The largest absolute Gasteiger partial charge is 0.273 e. The highest BCUT2D eigenvalue weighted by Crippen LogP contribution is 2.66. The monoisotopic (exact) mass is 270 g/mol. The van der Waals surface area contributed by atoms with Crippen molar-refractivity contribution < 1.29 is 4.79 Å². The van der Waals surface area contributed by atoms with Crippen LogP contribution >= 0.6 is 0 Å². The first-order chi connectivity index (χ1) is 9.63. The molecular weight excluding hydrogens is 248 g/mol. The summed E-state index contributed by atoms with van der Waals surface area (Å²) in [4.78, 5) is 12.3. The van der Waals surface area contributed by atoms with E-state index in [0.29, 0.717) is 5.92 Å². The van der Waals surface area contributed by atoms with E-state index in [1.165, 1.54) is 25.7 Å². The maximum Gasteiger partial charge on any atom is 0.244 e. The van der Waals surface area contributed by atoms with Gasteiger partial charge in [0, 0.05) is 5.92 Å². The number of carbonyl (C=O) groups is 1. The van der Waals surface area contributed by atoms with Gasteiger partial charge in [-0.1, -0.05) is 50.1 Å². The molecular formula is C17H22N2O. The number of hydrogen-bond acceptors (Lipinski definition) is 2. The second-order valence-corrected chi connectivity index (χ2v) is 6.38. The fourth-order valence-corrected chi connectivity index (χ4v) is 3.80. The van der Waals surface area contributed by atoms with Gasteiger partial charge in [0.25, 0.3) is 0 Å². The Labute approximate surface area is 120 Å². The van der Waals surface area contributed by atoms with Crippen molar-refractivity contribution in [2.75, 3.05) is 0 Å². The lowest BCUT2D eigenvalue weighted by atomic mass is 9.90. The molecule has 0 aliphatic heterocycles. The number of fused-ring (bicyclic) bond motifs is 1. The molecule has 0 bridgehead atoms. The molecule has 1 aromatic carbocycles. The average molecular weight is 270 g/mol. The average Bonchev–Trinajstić information content (AvgIpc) is 3.11. The quantitative estimate of drug-likeness (QED) is 0.664. The summed E-state index contributed by atoms with van der Waals surface area (Å²) in [6.07, 6.45) is 4.94. The van der Waals surface area contributed by atoms with Crippen LogP contribution in [-0.4, -0.2) is 11.6 Å². The van der Waals surface area contributed by atoms with E-state index in [9.17, 15) is 4.79 Å². The van der Waals surface area contributed by atoms with E-state index in [1.807, 2.05) is 37.3 Å². The second kappa shape index (κ2) is 5.04. The van der Waals surface area contributed by atoms with E-state index in [-0.39, 0.29) is 17.2 Å². The number of nitrogens with zero attached hydrogens (tertiary/aromatic N) is 1. The Kier molecular flexibility index (Phi) is 3.36. The van der Waals surface area contributed by atoms with Crippen LogP contribution in [0.2, 0.25) is 0 Å². The molecule has 0 saturated heterocycles. The van der Waals surface area contributed by atoms with E-state index >= 15 is 0 Å². The van der Waals surface area contributed by atoms with Crippen molar-refractivity contribution in [3.05, 3.63) is 35.9 Å². The molecule has 2 aliphatic rings. The zero-order chi connectivity index (χ0) is 14.2. The summed E-state index contributed by atoms with van der Waals surface area (Å²) in [7, 11) is 0. The van der Waals surface area contributed by atoms with Crippen molar-refractivity contribution in [1.29, 1.82) is 0 Å². The van der Waals surface area contributed by atoms with Gasteiger partial charge in [-0.25, -0.2) is 5.43 Å². The Hall–Kier alpha value is -1.64. The van der Waals surface area contributed by atoms with Crippen LogP contribution in [0, 0.1) is 17.3 Å². The minimum atomic E-state index is 0.106. The summed E-state index contributed by atoms with van der Waals surface area (Å²) in [6.45, 7) is 4.19. The summed E-state index contributed by atoms with van der Waals surface area (Å²) in [5, 5.41) is 4.26. The molecule has 2 saturated carbocycles. The standard InChI is InChI=1S/C17H22N2O/c1-12(13-8-4-3-5-9-13)18-19-16(20)15-14-10-6-7-11-17(14,15)2/h3-5,8-9,14-15H,6-7,10-11H2,1-2H3,(H,19,20)/b18-12+. The van der Waals surface area contributed by atoms with E-state index in [0.717, 1.165) is 11.3 Å². The molecule has 106 valence electrons. The Morgan fingerprint density at radius 3 is 2.70 bits per heavy atom. The second-order valence-electron chi connectivity index (χ2n) is 6.38. The summed E-state index contributed by atoms with van der Waals surface area (Å²) >= 11 is 0. The summed E-state index contributed by atoms with van der Waals surface area (Å²) in [5.74, 6) is 0.871. The maximum absolute atomic E-state index is 12.3. The number of hydrogen-bond donors (Lipinski definition) is 1. The van der Waals surface area contributed by atoms with Gasteiger partial charge in [0.2, 0.25) is 5.91 Å². The highest BCUT2D eigenvalue weighted by molar-refractivity contribution is 5.99. The summed E-state index contributed by atoms with van der Waals surface area (Å²) < 4.78 is 0. The molecule has 3 unspecified atom stereocenters. The molecule has 2 aliphatic carbocycles. The van der Waals surface area contributed by atoms with Gasteiger partial charge in [-0.15, -0.1) is 0 Å². The van der Waals surface area contributed by atoms with Crippen molar-refractivity contribution in [3.63, 3.8) is 0 Å². The fourth-order valence-electron chi connectivity index (χ4n) is 3.80. The molecule has 1 aromatic rings. The van der Waals surface area contributed by atoms with Crippen LogP contribution in [0.3, 0.4) is 0 Å². The molecule has 1 amide bonds. The van der Waals surface area contributed by atoms with Crippen LogP contribution in [0.25, 0.3) is 0 Å². The molecule has 3 atom stereocenters. The normalized spacial score (nSPS) is 32.4. The van der Waals surface area contributed by atoms with Gasteiger partial charge in [0.15, 0.2) is 0 Å². The summed E-state index contributed by atoms with van der Waals surface area (Å²) in [5.41, 5.74) is 4.92. The molecule has 0 aromatic heterocycles. The third-order valence-electron chi connectivity index (χ3n) is 5.14. The predicted molar refractivity (Wildman–Crippen MR) is 80.4 cm³/mol. The number of rotatable bonds is 3. The zero-order valence-electron chi connectivity index (χ0n) is 12.2. The number of carbonyl (C=O) groups excluding carboxylic acids is 1. The number of nitrogens with one attached hydrogen (secondary N) is 1. The molecule has 20 heavy (non-hydrogen) atoms. The van der Waals surface area contributed by atoms with Gasteiger partial charge in [0.1, 0.15) is 0 Å². The van der Waals surface area contributed by atoms with Gasteiger partial charge in [-0.3, -0.25) is 4.79 Å².